The molecule has 1 aliphatic carbocycles. The zero-order chi connectivity index (χ0) is 17.3. The van der Waals surface area contributed by atoms with Crippen LogP contribution in [0.2, 0.25) is 0 Å². The molecule has 2 heterocycles. The second-order valence-corrected chi connectivity index (χ2v) is 7.71. The first kappa shape index (κ1) is 16.6. The van der Waals surface area contributed by atoms with Crippen LogP contribution in [-0.2, 0) is 4.79 Å². The summed E-state index contributed by atoms with van der Waals surface area (Å²) in [6.45, 7) is 4.91. The van der Waals surface area contributed by atoms with Crippen molar-refractivity contribution in [3.63, 3.8) is 0 Å². The van der Waals surface area contributed by atoms with E-state index in [9.17, 15) is 9.59 Å². The first-order valence-electron chi connectivity index (χ1n) is 9.53. The predicted molar refractivity (Wildman–Crippen MR) is 96.2 cm³/mol. The summed E-state index contributed by atoms with van der Waals surface area (Å²) in [4.78, 5) is 29.5. The maximum atomic E-state index is 12.9. The number of amides is 2. The van der Waals surface area contributed by atoms with E-state index in [-0.39, 0.29) is 17.2 Å². The molecule has 1 saturated carbocycles. The van der Waals surface area contributed by atoms with Gasteiger partial charge in [-0.3, -0.25) is 9.59 Å². The third kappa shape index (κ3) is 3.30. The molecule has 1 aromatic rings. The summed E-state index contributed by atoms with van der Waals surface area (Å²) in [5.74, 6) is 0.637. The van der Waals surface area contributed by atoms with Gasteiger partial charge in [-0.25, -0.2) is 0 Å². The van der Waals surface area contributed by atoms with Gasteiger partial charge in [0.1, 0.15) is 0 Å². The molecule has 25 heavy (non-hydrogen) atoms. The number of rotatable bonds is 2. The normalized spacial score (nSPS) is 25.5. The van der Waals surface area contributed by atoms with Crippen molar-refractivity contribution in [1.29, 1.82) is 0 Å². The van der Waals surface area contributed by atoms with Crippen molar-refractivity contribution in [3.05, 3.63) is 35.9 Å². The Hall–Kier alpha value is -1.88. The molecule has 5 nitrogen and oxygen atoms in total. The van der Waals surface area contributed by atoms with Crippen LogP contribution in [0.15, 0.2) is 30.3 Å². The molecule has 0 aromatic heterocycles. The highest BCUT2D eigenvalue weighted by atomic mass is 16.2. The van der Waals surface area contributed by atoms with Gasteiger partial charge in [0, 0.05) is 37.7 Å². The Morgan fingerprint density at radius 3 is 2.40 bits per heavy atom. The van der Waals surface area contributed by atoms with Gasteiger partial charge in [-0.2, -0.15) is 0 Å². The van der Waals surface area contributed by atoms with E-state index >= 15 is 0 Å². The lowest BCUT2D eigenvalue weighted by atomic mass is 9.91. The van der Waals surface area contributed by atoms with E-state index in [0.717, 1.165) is 57.4 Å². The molecule has 3 aliphatic rings. The van der Waals surface area contributed by atoms with E-state index in [0.29, 0.717) is 19.0 Å². The van der Waals surface area contributed by atoms with Gasteiger partial charge in [-0.15, -0.1) is 0 Å². The van der Waals surface area contributed by atoms with Crippen LogP contribution in [-0.4, -0.2) is 60.9 Å². The van der Waals surface area contributed by atoms with E-state index in [4.69, 9.17) is 0 Å². The van der Waals surface area contributed by atoms with Crippen LogP contribution >= 0.6 is 0 Å². The minimum atomic E-state index is 0.0798. The van der Waals surface area contributed by atoms with E-state index < -0.39 is 0 Å². The van der Waals surface area contributed by atoms with Crippen molar-refractivity contribution in [2.24, 2.45) is 11.3 Å². The van der Waals surface area contributed by atoms with Gasteiger partial charge in [-0.1, -0.05) is 18.2 Å². The van der Waals surface area contributed by atoms with E-state index in [1.807, 2.05) is 40.1 Å². The van der Waals surface area contributed by atoms with Crippen LogP contribution in [0.3, 0.4) is 0 Å². The SMILES string of the molecule is O=C(c1ccccc1)N1CCCN(C(=O)C2CC23CCNCC3)CC1. The number of carbonyl (C=O) groups is 2. The number of nitrogens with one attached hydrogen (secondary N) is 1. The number of carbonyl (C=O) groups excluding carboxylic acids is 2. The van der Waals surface area contributed by atoms with Crippen molar-refractivity contribution < 1.29 is 9.59 Å². The van der Waals surface area contributed by atoms with Crippen molar-refractivity contribution in [2.75, 3.05) is 39.3 Å². The van der Waals surface area contributed by atoms with Crippen molar-refractivity contribution >= 4 is 11.8 Å². The zero-order valence-corrected chi connectivity index (χ0v) is 14.7. The van der Waals surface area contributed by atoms with Crippen LogP contribution < -0.4 is 5.32 Å². The van der Waals surface area contributed by atoms with Gasteiger partial charge in [0.2, 0.25) is 5.91 Å². The summed E-state index contributed by atoms with van der Waals surface area (Å²) in [6.07, 6.45) is 4.20. The summed E-state index contributed by atoms with van der Waals surface area (Å²) in [5, 5.41) is 3.39. The first-order valence-corrected chi connectivity index (χ1v) is 9.53. The van der Waals surface area contributed by atoms with Crippen LogP contribution in [0.1, 0.15) is 36.0 Å². The molecule has 1 N–H and O–H groups in total. The Morgan fingerprint density at radius 2 is 1.64 bits per heavy atom. The van der Waals surface area contributed by atoms with Crippen LogP contribution in [0.4, 0.5) is 0 Å². The van der Waals surface area contributed by atoms with E-state index in [1.54, 1.807) is 0 Å². The van der Waals surface area contributed by atoms with Crippen molar-refractivity contribution in [2.45, 2.75) is 25.7 Å². The summed E-state index contributed by atoms with van der Waals surface area (Å²) in [7, 11) is 0. The quantitative estimate of drug-likeness (QED) is 0.892. The standard InChI is InChI=1S/C20H27N3O2/c24-18(16-5-2-1-3-6-16)22-11-4-12-23(14-13-22)19(25)17-15-20(17)7-9-21-10-8-20/h1-3,5-6,17,21H,4,7-15H2. The Kier molecular flexibility index (Phi) is 4.50. The maximum Gasteiger partial charge on any atom is 0.253 e. The molecule has 2 saturated heterocycles. The molecule has 134 valence electrons. The number of benzene rings is 1. The van der Waals surface area contributed by atoms with Gasteiger partial charge < -0.3 is 15.1 Å². The van der Waals surface area contributed by atoms with Crippen molar-refractivity contribution in [1.82, 2.24) is 15.1 Å². The molecule has 1 atom stereocenters. The lowest BCUT2D eigenvalue weighted by molar-refractivity contribution is -0.133. The first-order chi connectivity index (χ1) is 12.2. The largest absolute Gasteiger partial charge is 0.341 e. The molecule has 1 aromatic carbocycles. The number of hydrogen-bond acceptors (Lipinski definition) is 3. The van der Waals surface area contributed by atoms with E-state index in [2.05, 4.69) is 5.32 Å². The maximum absolute atomic E-state index is 12.9. The minimum Gasteiger partial charge on any atom is -0.341 e. The highest BCUT2D eigenvalue weighted by Crippen LogP contribution is 2.59. The Balaban J connectivity index is 1.35. The third-order valence-corrected chi connectivity index (χ3v) is 6.20. The highest BCUT2D eigenvalue weighted by Gasteiger charge is 2.58. The number of piperidine rings is 1. The highest BCUT2D eigenvalue weighted by molar-refractivity contribution is 5.94. The fraction of sp³-hybridized carbons (Fsp3) is 0.600. The topological polar surface area (TPSA) is 52.7 Å². The molecule has 3 fully saturated rings. The van der Waals surface area contributed by atoms with Gasteiger partial charge in [0.25, 0.3) is 5.91 Å². The summed E-state index contributed by atoms with van der Waals surface area (Å²) in [5.41, 5.74) is 1.02. The van der Waals surface area contributed by atoms with Crippen LogP contribution in [0, 0.1) is 11.3 Å². The summed E-state index contributed by atoms with van der Waals surface area (Å²) in [6, 6.07) is 9.44. The molecule has 5 heteroatoms. The minimum absolute atomic E-state index is 0.0798. The molecule has 1 spiro atoms. The molecule has 1 unspecified atom stereocenters. The average Bonchev–Trinajstić information content (AvgIpc) is 3.40. The van der Waals surface area contributed by atoms with Crippen LogP contribution in [0.25, 0.3) is 0 Å². The number of nitrogens with zero attached hydrogens (tertiary/aromatic N) is 2. The lowest BCUT2D eigenvalue weighted by Gasteiger charge is -2.26. The molecule has 4 rings (SSSR count). The fourth-order valence-electron chi connectivity index (χ4n) is 4.50. The predicted octanol–water partition coefficient (Wildman–Crippen LogP) is 1.75. The third-order valence-electron chi connectivity index (χ3n) is 6.20. The zero-order valence-electron chi connectivity index (χ0n) is 14.7. The average molecular weight is 341 g/mol. The molecular formula is C20H27N3O2. The van der Waals surface area contributed by atoms with Gasteiger partial charge in [0.15, 0.2) is 0 Å². The van der Waals surface area contributed by atoms with E-state index in [1.165, 1.54) is 0 Å². The molecule has 2 aliphatic heterocycles. The van der Waals surface area contributed by atoms with Crippen molar-refractivity contribution in [3.8, 4) is 0 Å². The molecule has 2 amide bonds. The molecule has 0 radical (unpaired) electrons. The Bertz CT molecular complexity index is 640. The van der Waals surface area contributed by atoms with Gasteiger partial charge >= 0.3 is 0 Å². The Labute approximate surface area is 149 Å². The summed E-state index contributed by atoms with van der Waals surface area (Å²) >= 11 is 0. The van der Waals surface area contributed by atoms with Gasteiger partial charge in [-0.05, 0) is 56.3 Å². The fourth-order valence-corrected chi connectivity index (χ4v) is 4.50. The molecule has 0 bridgehead atoms. The second kappa shape index (κ2) is 6.79. The second-order valence-electron chi connectivity index (χ2n) is 7.71. The number of hydrogen-bond donors (Lipinski definition) is 1. The molecular weight excluding hydrogens is 314 g/mol. The smallest absolute Gasteiger partial charge is 0.253 e. The Morgan fingerprint density at radius 1 is 0.960 bits per heavy atom. The summed E-state index contributed by atoms with van der Waals surface area (Å²) < 4.78 is 0. The van der Waals surface area contributed by atoms with Gasteiger partial charge in [0.05, 0.1) is 0 Å². The van der Waals surface area contributed by atoms with Crippen LogP contribution in [0.5, 0.6) is 0 Å². The monoisotopic (exact) mass is 341 g/mol. The lowest BCUT2D eigenvalue weighted by Crippen LogP contribution is -2.39.